The maximum atomic E-state index is 11.5. The number of nitrogens with one attached hydrogen (secondary N) is 1. The third kappa shape index (κ3) is 8.64. The lowest BCUT2D eigenvalue weighted by atomic mass is 10.2. The van der Waals surface area contributed by atoms with Crippen molar-refractivity contribution in [3.8, 4) is 0 Å². The molecule has 3 N–H and O–H groups in total. The molecule has 0 rings (SSSR count). The van der Waals surface area contributed by atoms with Crippen LogP contribution in [0, 0.1) is 5.92 Å². The lowest BCUT2D eigenvalue weighted by molar-refractivity contribution is -0.122. The van der Waals surface area contributed by atoms with E-state index in [1.54, 1.807) is 7.11 Å². The maximum Gasteiger partial charge on any atom is 0.234 e. The Kier molecular flexibility index (Phi) is 9.18. The monoisotopic (exact) mass is 231 g/mol. The van der Waals surface area contributed by atoms with E-state index in [1.165, 1.54) is 0 Å². The molecule has 0 aromatic heterocycles. The van der Waals surface area contributed by atoms with Gasteiger partial charge in [-0.05, 0) is 25.9 Å². The molecule has 0 radical (unpaired) electrons. The quantitative estimate of drug-likeness (QED) is 0.533. The molecular weight excluding hydrogens is 206 g/mol. The van der Waals surface area contributed by atoms with Crippen LogP contribution in [0.1, 0.15) is 13.3 Å². The van der Waals surface area contributed by atoms with Crippen molar-refractivity contribution >= 4 is 5.91 Å². The summed E-state index contributed by atoms with van der Waals surface area (Å²) in [4.78, 5) is 13.5. The van der Waals surface area contributed by atoms with Crippen molar-refractivity contribution in [2.24, 2.45) is 11.7 Å². The molecule has 0 aliphatic heterocycles. The van der Waals surface area contributed by atoms with Crippen LogP contribution in [0.4, 0.5) is 0 Å². The molecule has 0 saturated heterocycles. The molecule has 0 heterocycles. The van der Waals surface area contributed by atoms with Crippen LogP contribution in [0.5, 0.6) is 0 Å². The summed E-state index contributed by atoms with van der Waals surface area (Å²) >= 11 is 0. The highest BCUT2D eigenvalue weighted by molar-refractivity contribution is 5.77. The summed E-state index contributed by atoms with van der Waals surface area (Å²) in [5.74, 6) is 0.481. The summed E-state index contributed by atoms with van der Waals surface area (Å²) in [5.41, 5.74) is 5.52. The van der Waals surface area contributed by atoms with E-state index < -0.39 is 0 Å². The zero-order valence-electron chi connectivity index (χ0n) is 10.7. The van der Waals surface area contributed by atoms with Gasteiger partial charge in [0.15, 0.2) is 0 Å². The average molecular weight is 231 g/mol. The first-order chi connectivity index (χ1) is 7.60. The van der Waals surface area contributed by atoms with Gasteiger partial charge in [-0.3, -0.25) is 9.69 Å². The Morgan fingerprint density at radius 2 is 2.25 bits per heavy atom. The van der Waals surface area contributed by atoms with E-state index in [2.05, 4.69) is 12.2 Å². The molecule has 1 atom stereocenters. The van der Waals surface area contributed by atoms with E-state index in [4.69, 9.17) is 10.5 Å². The lowest BCUT2D eigenvalue weighted by Crippen LogP contribution is -2.38. The summed E-state index contributed by atoms with van der Waals surface area (Å²) < 4.78 is 4.90. The second-order valence-electron chi connectivity index (χ2n) is 4.23. The van der Waals surface area contributed by atoms with Gasteiger partial charge < -0.3 is 15.8 Å². The fraction of sp³-hybridized carbons (Fsp3) is 0.909. The molecule has 96 valence electrons. The standard InChI is InChI=1S/C11H25N3O2/c1-10(7-12)8-14(2)9-11(15)13-5-4-6-16-3/h10H,4-9,12H2,1-3H3,(H,13,15). The minimum Gasteiger partial charge on any atom is -0.385 e. The molecule has 1 unspecified atom stereocenters. The predicted octanol–water partition coefficient (Wildman–Crippen LogP) is -0.334. The Bertz CT molecular complexity index is 188. The smallest absolute Gasteiger partial charge is 0.234 e. The van der Waals surface area contributed by atoms with Gasteiger partial charge >= 0.3 is 0 Å². The number of nitrogens with zero attached hydrogens (tertiary/aromatic N) is 1. The van der Waals surface area contributed by atoms with Crippen LogP contribution in [0.2, 0.25) is 0 Å². The number of methoxy groups -OCH3 is 1. The minimum absolute atomic E-state index is 0.0582. The van der Waals surface area contributed by atoms with E-state index in [1.807, 2.05) is 11.9 Å². The molecule has 0 bridgehead atoms. The van der Waals surface area contributed by atoms with Crippen molar-refractivity contribution in [3.05, 3.63) is 0 Å². The van der Waals surface area contributed by atoms with Crippen molar-refractivity contribution in [1.29, 1.82) is 0 Å². The van der Waals surface area contributed by atoms with Crippen LogP contribution >= 0.6 is 0 Å². The van der Waals surface area contributed by atoms with Crippen molar-refractivity contribution in [3.63, 3.8) is 0 Å². The van der Waals surface area contributed by atoms with Gasteiger partial charge in [-0.2, -0.15) is 0 Å². The Morgan fingerprint density at radius 1 is 1.56 bits per heavy atom. The second kappa shape index (κ2) is 9.57. The number of amides is 1. The van der Waals surface area contributed by atoms with Crippen molar-refractivity contribution in [1.82, 2.24) is 10.2 Å². The number of hydrogen-bond acceptors (Lipinski definition) is 4. The van der Waals surface area contributed by atoms with Gasteiger partial charge in [-0.15, -0.1) is 0 Å². The van der Waals surface area contributed by atoms with Crippen LogP contribution in [0.25, 0.3) is 0 Å². The molecule has 0 fully saturated rings. The third-order valence-corrected chi connectivity index (χ3v) is 2.29. The molecule has 5 heteroatoms. The van der Waals surface area contributed by atoms with Gasteiger partial charge in [0, 0.05) is 26.8 Å². The highest BCUT2D eigenvalue weighted by atomic mass is 16.5. The van der Waals surface area contributed by atoms with Crippen molar-refractivity contribution in [2.75, 3.05) is 46.9 Å². The van der Waals surface area contributed by atoms with Gasteiger partial charge in [-0.1, -0.05) is 6.92 Å². The van der Waals surface area contributed by atoms with Crippen molar-refractivity contribution < 1.29 is 9.53 Å². The molecule has 0 aliphatic rings. The highest BCUT2D eigenvalue weighted by Crippen LogP contribution is 1.94. The molecule has 0 spiro atoms. The number of hydrogen-bond donors (Lipinski definition) is 2. The Hall–Kier alpha value is -0.650. The topological polar surface area (TPSA) is 67.6 Å². The fourth-order valence-corrected chi connectivity index (χ4v) is 1.42. The second-order valence-corrected chi connectivity index (χ2v) is 4.23. The van der Waals surface area contributed by atoms with Crippen molar-refractivity contribution in [2.45, 2.75) is 13.3 Å². The molecule has 0 saturated carbocycles. The average Bonchev–Trinajstić information content (AvgIpc) is 2.24. The highest BCUT2D eigenvalue weighted by Gasteiger charge is 2.08. The fourth-order valence-electron chi connectivity index (χ4n) is 1.42. The minimum atomic E-state index is 0.0582. The molecule has 5 nitrogen and oxygen atoms in total. The molecular formula is C11H25N3O2. The van der Waals surface area contributed by atoms with E-state index >= 15 is 0 Å². The van der Waals surface area contributed by atoms with Gasteiger partial charge in [0.1, 0.15) is 0 Å². The van der Waals surface area contributed by atoms with Gasteiger partial charge in [0.2, 0.25) is 5.91 Å². The van der Waals surface area contributed by atoms with Crippen LogP contribution in [-0.2, 0) is 9.53 Å². The van der Waals surface area contributed by atoms with Crippen LogP contribution < -0.4 is 11.1 Å². The number of ether oxygens (including phenoxy) is 1. The molecule has 0 aromatic carbocycles. The summed E-state index contributed by atoms with van der Waals surface area (Å²) in [5, 5.41) is 2.85. The first-order valence-electron chi connectivity index (χ1n) is 5.74. The predicted molar refractivity (Wildman–Crippen MR) is 65.2 cm³/mol. The van der Waals surface area contributed by atoms with Crippen LogP contribution in [0.15, 0.2) is 0 Å². The first kappa shape index (κ1) is 15.3. The SMILES string of the molecule is COCCCNC(=O)CN(C)CC(C)CN. The van der Waals surface area contributed by atoms with Crippen LogP contribution in [0.3, 0.4) is 0 Å². The van der Waals surface area contributed by atoms with E-state index in [0.29, 0.717) is 32.2 Å². The number of carbonyl (C=O) groups is 1. The zero-order valence-corrected chi connectivity index (χ0v) is 10.7. The zero-order chi connectivity index (χ0) is 12.4. The number of nitrogens with two attached hydrogens (primary N) is 1. The number of rotatable bonds is 9. The Balaban J connectivity index is 3.54. The third-order valence-electron chi connectivity index (χ3n) is 2.29. The van der Waals surface area contributed by atoms with Gasteiger partial charge in [0.05, 0.1) is 6.54 Å². The number of likely N-dealkylation sites (N-methyl/N-ethyl adjacent to an activating group) is 1. The molecule has 1 amide bonds. The van der Waals surface area contributed by atoms with E-state index in [9.17, 15) is 4.79 Å². The first-order valence-corrected chi connectivity index (χ1v) is 5.74. The Morgan fingerprint density at radius 3 is 2.81 bits per heavy atom. The molecule has 16 heavy (non-hydrogen) atoms. The molecule has 0 aromatic rings. The maximum absolute atomic E-state index is 11.5. The lowest BCUT2D eigenvalue weighted by Gasteiger charge is -2.19. The van der Waals surface area contributed by atoms with E-state index in [0.717, 1.165) is 13.0 Å². The summed E-state index contributed by atoms with van der Waals surface area (Å²) in [6, 6.07) is 0. The summed E-state index contributed by atoms with van der Waals surface area (Å²) in [6.07, 6.45) is 0.852. The number of carbonyl (C=O) groups excluding carboxylic acids is 1. The van der Waals surface area contributed by atoms with Gasteiger partial charge in [-0.25, -0.2) is 0 Å². The Labute approximate surface area is 98.3 Å². The summed E-state index contributed by atoms with van der Waals surface area (Å²) in [7, 11) is 3.59. The summed E-state index contributed by atoms with van der Waals surface area (Å²) in [6.45, 7) is 5.36. The largest absolute Gasteiger partial charge is 0.385 e. The van der Waals surface area contributed by atoms with Gasteiger partial charge in [0.25, 0.3) is 0 Å². The van der Waals surface area contributed by atoms with Crippen LogP contribution in [-0.4, -0.2) is 57.8 Å². The molecule has 0 aliphatic carbocycles. The normalized spacial score (nSPS) is 12.8. The van der Waals surface area contributed by atoms with E-state index in [-0.39, 0.29) is 5.91 Å².